The molecule has 0 atom stereocenters. The summed E-state index contributed by atoms with van der Waals surface area (Å²) in [5.74, 6) is -0.604. The zero-order valence-electron chi connectivity index (χ0n) is 11.8. The summed E-state index contributed by atoms with van der Waals surface area (Å²) in [7, 11) is -2.16. The van der Waals surface area contributed by atoms with Crippen LogP contribution in [0.15, 0.2) is 34.5 Å². The molecular formula is C14H17FN2O2S2. The third kappa shape index (κ3) is 3.42. The molecule has 0 amide bonds. The second-order valence-electron chi connectivity index (χ2n) is 4.80. The maximum absolute atomic E-state index is 13.4. The highest BCUT2D eigenvalue weighted by Crippen LogP contribution is 2.24. The number of benzene rings is 1. The van der Waals surface area contributed by atoms with Gasteiger partial charge in [0, 0.05) is 18.5 Å². The number of aryl methyl sites for hydroxylation is 1. The second kappa shape index (κ2) is 6.13. The predicted octanol–water partition coefficient (Wildman–Crippen LogP) is 2.64. The van der Waals surface area contributed by atoms with Gasteiger partial charge in [0.2, 0.25) is 10.0 Å². The Morgan fingerprint density at radius 3 is 2.71 bits per heavy atom. The van der Waals surface area contributed by atoms with Crippen molar-refractivity contribution in [3.8, 4) is 0 Å². The van der Waals surface area contributed by atoms with Gasteiger partial charge in [-0.25, -0.2) is 17.1 Å². The van der Waals surface area contributed by atoms with E-state index in [1.165, 1.54) is 17.4 Å². The van der Waals surface area contributed by atoms with Crippen molar-refractivity contribution in [2.45, 2.75) is 18.2 Å². The quantitative estimate of drug-likeness (QED) is 0.858. The van der Waals surface area contributed by atoms with Gasteiger partial charge in [0.05, 0.1) is 10.6 Å². The summed E-state index contributed by atoms with van der Waals surface area (Å²) in [5, 5.41) is 1.95. The molecule has 114 valence electrons. The molecule has 0 radical (unpaired) electrons. The summed E-state index contributed by atoms with van der Waals surface area (Å²) >= 11 is 1.59. The van der Waals surface area contributed by atoms with E-state index in [1.807, 2.05) is 17.5 Å². The molecule has 2 N–H and O–H groups in total. The van der Waals surface area contributed by atoms with Gasteiger partial charge in [-0.2, -0.15) is 0 Å². The Balaban J connectivity index is 2.22. The first-order valence-corrected chi connectivity index (χ1v) is 8.68. The molecule has 2 aromatic rings. The number of rotatable bonds is 5. The minimum absolute atomic E-state index is 0.0510. The van der Waals surface area contributed by atoms with Crippen molar-refractivity contribution < 1.29 is 12.8 Å². The normalized spacial score (nSPS) is 12.0. The zero-order valence-corrected chi connectivity index (χ0v) is 13.5. The van der Waals surface area contributed by atoms with Crippen LogP contribution in [0.25, 0.3) is 0 Å². The monoisotopic (exact) mass is 328 g/mol. The fourth-order valence-electron chi connectivity index (χ4n) is 1.96. The van der Waals surface area contributed by atoms with E-state index >= 15 is 0 Å². The van der Waals surface area contributed by atoms with Gasteiger partial charge < -0.3 is 5.73 Å². The van der Waals surface area contributed by atoms with Crippen LogP contribution in [0.2, 0.25) is 0 Å². The van der Waals surface area contributed by atoms with Crippen LogP contribution in [-0.2, 0) is 16.4 Å². The number of thiophene rings is 1. The molecular weight excluding hydrogens is 311 g/mol. The van der Waals surface area contributed by atoms with E-state index in [0.29, 0.717) is 18.5 Å². The molecule has 0 aliphatic heterocycles. The number of nitrogen functional groups attached to an aromatic ring is 1. The van der Waals surface area contributed by atoms with Crippen molar-refractivity contribution in [1.29, 1.82) is 0 Å². The maximum Gasteiger partial charge on any atom is 0.243 e. The Morgan fingerprint density at radius 2 is 2.10 bits per heavy atom. The summed E-state index contributed by atoms with van der Waals surface area (Å²) in [4.78, 5) is 1.17. The van der Waals surface area contributed by atoms with E-state index < -0.39 is 15.8 Å². The molecule has 0 unspecified atom stereocenters. The van der Waals surface area contributed by atoms with E-state index in [1.54, 1.807) is 18.3 Å². The van der Waals surface area contributed by atoms with Gasteiger partial charge in [-0.05, 0) is 42.5 Å². The average molecular weight is 328 g/mol. The first-order valence-electron chi connectivity index (χ1n) is 6.36. The number of hydrogen-bond acceptors (Lipinski definition) is 4. The molecule has 0 saturated heterocycles. The fourth-order valence-corrected chi connectivity index (χ4v) is 4.06. The molecule has 0 saturated carbocycles. The molecule has 4 nitrogen and oxygen atoms in total. The minimum atomic E-state index is -3.67. The van der Waals surface area contributed by atoms with Gasteiger partial charge in [-0.3, -0.25) is 0 Å². The van der Waals surface area contributed by atoms with Crippen LogP contribution in [0.3, 0.4) is 0 Å². The van der Waals surface area contributed by atoms with E-state index in [9.17, 15) is 12.8 Å². The lowest BCUT2D eigenvalue weighted by molar-refractivity contribution is 0.473. The van der Waals surface area contributed by atoms with E-state index in [0.717, 1.165) is 10.9 Å². The Labute approximate surface area is 128 Å². The number of halogens is 1. The Morgan fingerprint density at radius 1 is 1.38 bits per heavy atom. The number of sulfonamides is 1. The summed E-state index contributed by atoms with van der Waals surface area (Å²) in [6.45, 7) is 1.92. The van der Waals surface area contributed by atoms with Crippen molar-refractivity contribution in [2.75, 3.05) is 19.3 Å². The zero-order chi connectivity index (χ0) is 15.6. The van der Waals surface area contributed by atoms with Gasteiger partial charge >= 0.3 is 0 Å². The van der Waals surface area contributed by atoms with Crippen molar-refractivity contribution >= 4 is 27.0 Å². The van der Waals surface area contributed by atoms with E-state index in [-0.39, 0.29) is 10.6 Å². The van der Waals surface area contributed by atoms with Gasteiger partial charge in [-0.1, -0.05) is 6.07 Å². The highest BCUT2D eigenvalue weighted by atomic mass is 32.2. The standard InChI is InChI=1S/C14H17FN2O2S2/c1-10-8-12(15)13(16)9-14(10)21(18,19)17(2)6-5-11-4-3-7-20-11/h3-4,7-9H,5-6,16H2,1-2H3. The Kier molecular flexibility index (Phi) is 4.65. The summed E-state index contributed by atoms with van der Waals surface area (Å²) in [6, 6.07) is 6.22. The molecule has 0 bridgehead atoms. The van der Waals surface area contributed by atoms with Crippen molar-refractivity contribution in [3.05, 3.63) is 45.9 Å². The van der Waals surface area contributed by atoms with Gasteiger partial charge in [0.15, 0.2) is 0 Å². The van der Waals surface area contributed by atoms with Gasteiger partial charge in [-0.15, -0.1) is 11.3 Å². The smallest absolute Gasteiger partial charge is 0.243 e. The fraction of sp³-hybridized carbons (Fsp3) is 0.286. The lowest BCUT2D eigenvalue weighted by Crippen LogP contribution is -2.29. The SMILES string of the molecule is Cc1cc(F)c(N)cc1S(=O)(=O)N(C)CCc1cccs1. The number of anilines is 1. The first kappa shape index (κ1) is 15.9. The maximum atomic E-state index is 13.4. The van der Waals surface area contributed by atoms with Gasteiger partial charge in [0.25, 0.3) is 0 Å². The summed E-state index contributed by atoms with van der Waals surface area (Å²) < 4.78 is 39.7. The molecule has 0 aliphatic carbocycles. The molecule has 7 heteroatoms. The highest BCUT2D eigenvalue weighted by molar-refractivity contribution is 7.89. The molecule has 0 fully saturated rings. The third-order valence-electron chi connectivity index (χ3n) is 3.24. The van der Waals surface area contributed by atoms with Crippen LogP contribution >= 0.6 is 11.3 Å². The number of hydrogen-bond donors (Lipinski definition) is 1. The van der Waals surface area contributed by atoms with Crippen LogP contribution in [0.4, 0.5) is 10.1 Å². The minimum Gasteiger partial charge on any atom is -0.396 e. The van der Waals surface area contributed by atoms with Crippen molar-refractivity contribution in [1.82, 2.24) is 4.31 Å². The molecule has 1 aromatic carbocycles. The molecule has 2 rings (SSSR count). The molecule has 1 heterocycles. The molecule has 1 aromatic heterocycles. The number of nitrogens with zero attached hydrogens (tertiary/aromatic N) is 1. The van der Waals surface area contributed by atoms with Crippen LogP contribution in [0, 0.1) is 12.7 Å². The van der Waals surface area contributed by atoms with Crippen LogP contribution < -0.4 is 5.73 Å². The largest absolute Gasteiger partial charge is 0.396 e. The molecule has 0 aliphatic rings. The Hall–Kier alpha value is -1.44. The predicted molar refractivity (Wildman–Crippen MR) is 83.4 cm³/mol. The second-order valence-corrected chi connectivity index (χ2v) is 7.84. The average Bonchev–Trinajstić information content (AvgIpc) is 2.93. The number of likely N-dealkylation sites (N-methyl/N-ethyl adjacent to an activating group) is 1. The summed E-state index contributed by atoms with van der Waals surface area (Å²) in [6.07, 6.45) is 0.642. The van der Waals surface area contributed by atoms with Gasteiger partial charge in [0.1, 0.15) is 5.82 Å². The number of nitrogens with two attached hydrogens (primary N) is 1. The third-order valence-corrected chi connectivity index (χ3v) is 6.17. The van der Waals surface area contributed by atoms with Crippen LogP contribution in [0.1, 0.15) is 10.4 Å². The lowest BCUT2D eigenvalue weighted by atomic mass is 10.2. The van der Waals surface area contributed by atoms with Crippen LogP contribution in [0.5, 0.6) is 0 Å². The van der Waals surface area contributed by atoms with Crippen molar-refractivity contribution in [3.63, 3.8) is 0 Å². The summed E-state index contributed by atoms with van der Waals surface area (Å²) in [5.41, 5.74) is 5.67. The van der Waals surface area contributed by atoms with Crippen LogP contribution in [-0.4, -0.2) is 26.3 Å². The highest BCUT2D eigenvalue weighted by Gasteiger charge is 2.23. The lowest BCUT2D eigenvalue weighted by Gasteiger charge is -2.18. The Bertz CT molecular complexity index is 728. The van der Waals surface area contributed by atoms with Crippen molar-refractivity contribution in [2.24, 2.45) is 0 Å². The molecule has 0 spiro atoms. The first-order chi connectivity index (χ1) is 9.82. The van der Waals surface area contributed by atoms with E-state index in [4.69, 9.17) is 5.73 Å². The topological polar surface area (TPSA) is 63.4 Å². The van der Waals surface area contributed by atoms with E-state index in [2.05, 4.69) is 0 Å². The molecule has 21 heavy (non-hydrogen) atoms.